The number of fused-ring (bicyclic) bond motifs is 1. The first-order valence-electron chi connectivity index (χ1n) is 8.95. The van der Waals surface area contributed by atoms with E-state index in [4.69, 9.17) is 4.52 Å². The van der Waals surface area contributed by atoms with Gasteiger partial charge in [0.15, 0.2) is 0 Å². The molecule has 2 aromatic heterocycles. The second-order valence-electron chi connectivity index (χ2n) is 7.27. The third-order valence-electron chi connectivity index (χ3n) is 4.95. The summed E-state index contributed by atoms with van der Waals surface area (Å²) >= 11 is 0. The molecule has 2 fully saturated rings. The number of pyridine rings is 1. The molecule has 1 unspecified atom stereocenters. The van der Waals surface area contributed by atoms with Crippen molar-refractivity contribution in [1.29, 1.82) is 0 Å². The quantitative estimate of drug-likeness (QED) is 0.882. The maximum absolute atomic E-state index is 12.8. The molecule has 0 spiro atoms. The van der Waals surface area contributed by atoms with Crippen molar-refractivity contribution in [2.45, 2.75) is 57.4 Å². The van der Waals surface area contributed by atoms with Gasteiger partial charge in [0, 0.05) is 24.2 Å². The number of aromatic nitrogens is 2. The molecule has 4 rings (SSSR count). The summed E-state index contributed by atoms with van der Waals surface area (Å²) < 4.78 is 5.44. The molecule has 0 radical (unpaired) electrons. The van der Waals surface area contributed by atoms with Crippen molar-refractivity contribution >= 4 is 17.0 Å². The van der Waals surface area contributed by atoms with Crippen molar-refractivity contribution in [2.24, 2.45) is 0 Å². The zero-order valence-corrected chi connectivity index (χ0v) is 14.3. The number of nitrogens with one attached hydrogen (secondary N) is 2. The lowest BCUT2D eigenvalue weighted by molar-refractivity contribution is 0.0951. The van der Waals surface area contributed by atoms with Crippen molar-refractivity contribution in [3.8, 4) is 0 Å². The molecule has 24 heavy (non-hydrogen) atoms. The van der Waals surface area contributed by atoms with Crippen LogP contribution >= 0.6 is 0 Å². The number of hydrogen-bond donors (Lipinski definition) is 2. The van der Waals surface area contributed by atoms with E-state index in [1.54, 1.807) is 0 Å². The Labute approximate surface area is 141 Å². The molecule has 1 atom stereocenters. The van der Waals surface area contributed by atoms with E-state index in [1.165, 1.54) is 6.42 Å². The summed E-state index contributed by atoms with van der Waals surface area (Å²) in [5, 5.41) is 11.4. The molecule has 1 amide bonds. The molecule has 1 saturated heterocycles. The Morgan fingerprint density at radius 3 is 2.92 bits per heavy atom. The number of rotatable bonds is 5. The zero-order chi connectivity index (χ0) is 16.7. The van der Waals surface area contributed by atoms with Crippen LogP contribution in [0.25, 0.3) is 11.1 Å². The van der Waals surface area contributed by atoms with Crippen LogP contribution in [0.5, 0.6) is 0 Å². The summed E-state index contributed by atoms with van der Waals surface area (Å²) in [7, 11) is 0. The largest absolute Gasteiger partial charge is 0.350 e. The highest BCUT2D eigenvalue weighted by molar-refractivity contribution is 6.06. The molecule has 128 valence electrons. The Bertz CT molecular complexity index is 758. The van der Waals surface area contributed by atoms with Gasteiger partial charge in [-0.25, -0.2) is 4.98 Å². The predicted octanol–water partition coefficient (Wildman–Crippen LogP) is 2.71. The van der Waals surface area contributed by atoms with Crippen LogP contribution in [0.1, 0.15) is 73.1 Å². The Balaban J connectivity index is 1.67. The van der Waals surface area contributed by atoms with Crippen LogP contribution in [-0.2, 0) is 0 Å². The smallest absolute Gasteiger partial charge is 0.259 e. The SMILES string of the molecule is CC(C)c1noc2nc(C3CC3)cc(C(=O)NCC3CCCN3)c12. The third kappa shape index (κ3) is 2.90. The first kappa shape index (κ1) is 15.6. The lowest BCUT2D eigenvalue weighted by atomic mass is 10.0. The molecular weight excluding hydrogens is 304 g/mol. The summed E-state index contributed by atoms with van der Waals surface area (Å²) in [5.41, 5.74) is 2.92. The van der Waals surface area contributed by atoms with Crippen LogP contribution in [0.15, 0.2) is 10.6 Å². The zero-order valence-electron chi connectivity index (χ0n) is 14.3. The lowest BCUT2D eigenvalue weighted by Gasteiger charge is -2.13. The molecule has 2 aromatic rings. The molecule has 1 aliphatic heterocycles. The van der Waals surface area contributed by atoms with Gasteiger partial charge in [-0.1, -0.05) is 19.0 Å². The summed E-state index contributed by atoms with van der Waals surface area (Å²) in [6.45, 7) is 5.80. The van der Waals surface area contributed by atoms with Gasteiger partial charge in [0.2, 0.25) is 0 Å². The molecule has 1 aliphatic carbocycles. The molecule has 2 N–H and O–H groups in total. The second-order valence-corrected chi connectivity index (χ2v) is 7.27. The van der Waals surface area contributed by atoms with Gasteiger partial charge in [0.05, 0.1) is 16.6 Å². The number of amides is 1. The van der Waals surface area contributed by atoms with E-state index in [0.717, 1.165) is 42.6 Å². The van der Waals surface area contributed by atoms with Gasteiger partial charge in [-0.2, -0.15) is 0 Å². The highest BCUT2D eigenvalue weighted by atomic mass is 16.5. The fourth-order valence-corrected chi connectivity index (χ4v) is 3.40. The normalized spacial score (nSPS) is 20.9. The van der Waals surface area contributed by atoms with Crippen molar-refractivity contribution < 1.29 is 9.32 Å². The Morgan fingerprint density at radius 2 is 2.25 bits per heavy atom. The van der Waals surface area contributed by atoms with Gasteiger partial charge in [0.25, 0.3) is 11.6 Å². The van der Waals surface area contributed by atoms with Gasteiger partial charge < -0.3 is 15.2 Å². The van der Waals surface area contributed by atoms with Gasteiger partial charge in [0.1, 0.15) is 0 Å². The fourth-order valence-electron chi connectivity index (χ4n) is 3.40. The van der Waals surface area contributed by atoms with E-state index in [1.807, 2.05) is 6.07 Å². The topological polar surface area (TPSA) is 80.0 Å². The monoisotopic (exact) mass is 328 g/mol. The van der Waals surface area contributed by atoms with Gasteiger partial charge in [-0.15, -0.1) is 0 Å². The maximum atomic E-state index is 12.8. The predicted molar refractivity (Wildman–Crippen MR) is 91.2 cm³/mol. The highest BCUT2D eigenvalue weighted by Crippen LogP contribution is 2.41. The van der Waals surface area contributed by atoms with Crippen LogP contribution in [0.2, 0.25) is 0 Å². The maximum Gasteiger partial charge on any atom is 0.259 e. The minimum absolute atomic E-state index is 0.0527. The standard InChI is InChI=1S/C18H24N4O2/c1-10(2)16-15-13(17(23)20-9-12-4-3-7-19-12)8-14(11-5-6-11)21-18(15)24-22-16/h8,10-12,19H,3-7,9H2,1-2H3,(H,20,23). The van der Waals surface area contributed by atoms with Crippen LogP contribution in [0.4, 0.5) is 0 Å². The summed E-state index contributed by atoms with van der Waals surface area (Å²) in [6.07, 6.45) is 4.56. The van der Waals surface area contributed by atoms with E-state index in [-0.39, 0.29) is 11.8 Å². The van der Waals surface area contributed by atoms with Crippen LogP contribution in [-0.4, -0.2) is 35.2 Å². The highest BCUT2D eigenvalue weighted by Gasteiger charge is 2.29. The van der Waals surface area contributed by atoms with E-state index in [9.17, 15) is 4.79 Å². The number of carbonyl (C=O) groups excluding carboxylic acids is 1. The number of nitrogens with zero attached hydrogens (tertiary/aromatic N) is 2. The Morgan fingerprint density at radius 1 is 1.42 bits per heavy atom. The fraction of sp³-hybridized carbons (Fsp3) is 0.611. The molecule has 1 saturated carbocycles. The summed E-state index contributed by atoms with van der Waals surface area (Å²) in [5.74, 6) is 0.594. The molecular formula is C18H24N4O2. The van der Waals surface area contributed by atoms with E-state index in [2.05, 4.69) is 34.6 Å². The summed E-state index contributed by atoms with van der Waals surface area (Å²) in [6, 6.07) is 2.32. The molecule has 6 heteroatoms. The van der Waals surface area contributed by atoms with E-state index < -0.39 is 0 Å². The van der Waals surface area contributed by atoms with Crippen LogP contribution in [0.3, 0.4) is 0 Å². The Hall–Kier alpha value is -1.95. The van der Waals surface area contributed by atoms with Crippen LogP contribution in [0, 0.1) is 0 Å². The molecule has 0 aromatic carbocycles. The average Bonchev–Trinajstić information content (AvgIpc) is 3.12. The van der Waals surface area contributed by atoms with Crippen molar-refractivity contribution in [3.05, 3.63) is 23.0 Å². The number of hydrogen-bond acceptors (Lipinski definition) is 5. The van der Waals surface area contributed by atoms with Crippen LogP contribution < -0.4 is 10.6 Å². The average molecular weight is 328 g/mol. The minimum Gasteiger partial charge on any atom is -0.350 e. The van der Waals surface area contributed by atoms with Gasteiger partial charge in [-0.05, 0) is 44.2 Å². The van der Waals surface area contributed by atoms with Crippen molar-refractivity contribution in [1.82, 2.24) is 20.8 Å². The van der Waals surface area contributed by atoms with Crippen molar-refractivity contribution in [3.63, 3.8) is 0 Å². The van der Waals surface area contributed by atoms with E-state index in [0.29, 0.717) is 29.8 Å². The third-order valence-corrected chi connectivity index (χ3v) is 4.95. The van der Waals surface area contributed by atoms with Crippen molar-refractivity contribution in [2.75, 3.05) is 13.1 Å². The Kier molecular flexibility index (Phi) is 4.00. The molecule has 2 aliphatic rings. The number of carbonyl (C=O) groups is 1. The van der Waals surface area contributed by atoms with Gasteiger partial charge in [-0.3, -0.25) is 4.79 Å². The first-order valence-corrected chi connectivity index (χ1v) is 8.95. The second kappa shape index (κ2) is 6.16. The first-order chi connectivity index (χ1) is 11.6. The van der Waals surface area contributed by atoms with E-state index >= 15 is 0 Å². The molecule has 6 nitrogen and oxygen atoms in total. The lowest BCUT2D eigenvalue weighted by Crippen LogP contribution is -2.37. The minimum atomic E-state index is -0.0527. The summed E-state index contributed by atoms with van der Waals surface area (Å²) in [4.78, 5) is 17.4. The molecule has 0 bridgehead atoms. The molecule has 3 heterocycles. The van der Waals surface area contributed by atoms with Gasteiger partial charge >= 0.3 is 0 Å².